The number of carbonyl (C=O) groups excluding carboxylic acids is 1. The average molecular weight is 577 g/mol. The molecular formula is C32H38F2N6O2. The van der Waals surface area contributed by atoms with E-state index in [9.17, 15) is 13.6 Å². The number of amides is 1. The molecule has 0 bridgehead atoms. The fourth-order valence-corrected chi connectivity index (χ4v) is 6.46. The number of allylic oxidation sites excluding steroid dienone is 1. The smallest absolute Gasteiger partial charge is 0.318 e. The minimum absolute atomic E-state index is 0.0230. The molecular weight excluding hydrogens is 538 g/mol. The third-order valence-electron chi connectivity index (χ3n) is 8.74. The predicted octanol–water partition coefficient (Wildman–Crippen LogP) is 4.10. The van der Waals surface area contributed by atoms with E-state index in [-0.39, 0.29) is 11.9 Å². The van der Waals surface area contributed by atoms with E-state index in [1.807, 2.05) is 11.9 Å². The molecule has 42 heavy (non-hydrogen) atoms. The molecule has 1 amide bonds. The molecule has 0 unspecified atom stereocenters. The Kier molecular flexibility index (Phi) is 8.24. The lowest BCUT2D eigenvalue weighted by molar-refractivity contribution is -0.126. The highest BCUT2D eigenvalue weighted by molar-refractivity contribution is 5.97. The number of halogens is 2. The third kappa shape index (κ3) is 5.77. The zero-order valence-corrected chi connectivity index (χ0v) is 24.3. The maximum Gasteiger partial charge on any atom is 0.318 e. The first-order valence-electron chi connectivity index (χ1n) is 14.8. The van der Waals surface area contributed by atoms with Gasteiger partial charge in [0, 0.05) is 68.0 Å². The summed E-state index contributed by atoms with van der Waals surface area (Å²) in [6.45, 7) is 5.95. The van der Waals surface area contributed by atoms with Gasteiger partial charge in [-0.2, -0.15) is 9.97 Å². The molecule has 0 spiro atoms. The number of aryl methyl sites for hydroxylation is 1. The summed E-state index contributed by atoms with van der Waals surface area (Å²) in [4.78, 5) is 30.5. The number of hydrogen-bond donors (Lipinski definition) is 0. The van der Waals surface area contributed by atoms with Crippen LogP contribution in [0.4, 0.5) is 20.3 Å². The number of piperazine rings is 1. The first kappa shape index (κ1) is 28.3. The van der Waals surface area contributed by atoms with E-state index >= 15 is 0 Å². The summed E-state index contributed by atoms with van der Waals surface area (Å²) in [5.74, 6) is 0.673. The largest absolute Gasteiger partial charge is 0.462 e. The summed E-state index contributed by atoms with van der Waals surface area (Å²) in [5, 5.41) is 2.47. The van der Waals surface area contributed by atoms with Crippen molar-refractivity contribution < 1.29 is 18.3 Å². The van der Waals surface area contributed by atoms with E-state index < -0.39 is 12.8 Å². The Bertz CT molecular complexity index is 1470. The van der Waals surface area contributed by atoms with Crippen LogP contribution in [-0.2, 0) is 17.8 Å². The Morgan fingerprint density at radius 2 is 1.86 bits per heavy atom. The van der Waals surface area contributed by atoms with Crippen LogP contribution in [0.5, 0.6) is 6.01 Å². The van der Waals surface area contributed by atoms with E-state index in [0.29, 0.717) is 58.3 Å². The Balaban J connectivity index is 1.28. The summed E-state index contributed by atoms with van der Waals surface area (Å²) < 4.78 is 32.7. The minimum atomic E-state index is -0.847. The zero-order valence-electron chi connectivity index (χ0n) is 24.3. The number of carbonyl (C=O) groups is 1. The number of hydrogen-bond acceptors (Lipinski definition) is 7. The van der Waals surface area contributed by atoms with Crippen molar-refractivity contribution in [2.24, 2.45) is 0 Å². The number of anilines is 2. The van der Waals surface area contributed by atoms with E-state index in [2.05, 4.69) is 53.1 Å². The van der Waals surface area contributed by atoms with Gasteiger partial charge in [0.15, 0.2) is 0 Å². The van der Waals surface area contributed by atoms with Gasteiger partial charge in [-0.05, 0) is 49.9 Å². The summed E-state index contributed by atoms with van der Waals surface area (Å²) in [7, 11) is 1.92. The molecule has 3 aliphatic rings. The van der Waals surface area contributed by atoms with Crippen molar-refractivity contribution >= 4 is 28.2 Å². The summed E-state index contributed by atoms with van der Waals surface area (Å²) in [5.41, 5.74) is 4.46. The molecule has 8 nitrogen and oxygen atoms in total. The van der Waals surface area contributed by atoms with Gasteiger partial charge in [-0.1, -0.05) is 30.3 Å². The molecule has 6 rings (SSSR count). The molecule has 0 aliphatic carbocycles. The maximum atomic E-state index is 14.0. The van der Waals surface area contributed by atoms with Gasteiger partial charge in [0.25, 0.3) is 0 Å². The van der Waals surface area contributed by atoms with Crippen molar-refractivity contribution in [3.63, 3.8) is 0 Å². The number of nitrogens with zero attached hydrogens (tertiary/aromatic N) is 6. The van der Waals surface area contributed by atoms with Crippen LogP contribution in [0, 0.1) is 6.92 Å². The van der Waals surface area contributed by atoms with Crippen LogP contribution in [0.2, 0.25) is 0 Å². The Morgan fingerprint density at radius 3 is 2.60 bits per heavy atom. The van der Waals surface area contributed by atoms with Crippen LogP contribution in [0.15, 0.2) is 48.6 Å². The fourth-order valence-electron chi connectivity index (χ4n) is 6.46. The van der Waals surface area contributed by atoms with Crippen LogP contribution in [0.3, 0.4) is 0 Å². The lowest BCUT2D eigenvalue weighted by Crippen LogP contribution is -2.49. The number of likely N-dealkylation sites (N-methyl/N-ethyl adjacent to an activating group) is 1. The number of rotatable bonds is 7. The molecule has 0 N–H and O–H groups in total. The normalized spacial score (nSPS) is 21.4. The van der Waals surface area contributed by atoms with Gasteiger partial charge in [0.2, 0.25) is 5.91 Å². The number of benzene rings is 2. The molecule has 10 heteroatoms. The lowest BCUT2D eigenvalue weighted by atomic mass is 9.99. The van der Waals surface area contributed by atoms with Crippen LogP contribution in [0.1, 0.15) is 23.2 Å². The third-order valence-corrected chi connectivity index (χ3v) is 8.74. The number of alkyl halides is 2. The molecule has 2 saturated heterocycles. The zero-order chi connectivity index (χ0) is 29.2. The van der Waals surface area contributed by atoms with Gasteiger partial charge in [-0.3, -0.25) is 9.69 Å². The number of fused-ring (bicyclic) bond motifs is 2. The molecule has 2 fully saturated rings. The summed E-state index contributed by atoms with van der Waals surface area (Å²) in [6.07, 6.45) is 2.92. The molecule has 2 aromatic carbocycles. The van der Waals surface area contributed by atoms with Crippen LogP contribution in [0.25, 0.3) is 10.8 Å². The fraction of sp³-hybridized carbons (Fsp3) is 0.469. The average Bonchev–Trinajstić information content (AvgIpc) is 3.34. The highest BCUT2D eigenvalue weighted by Crippen LogP contribution is 2.35. The Morgan fingerprint density at radius 1 is 1.07 bits per heavy atom. The predicted molar refractivity (Wildman–Crippen MR) is 161 cm³/mol. The van der Waals surface area contributed by atoms with Gasteiger partial charge in [0.05, 0.1) is 12.2 Å². The van der Waals surface area contributed by atoms with Crippen molar-refractivity contribution in [2.75, 3.05) is 69.4 Å². The quantitative estimate of drug-likeness (QED) is 0.393. The summed E-state index contributed by atoms with van der Waals surface area (Å²) in [6, 6.07) is 13.1. The molecule has 4 heterocycles. The van der Waals surface area contributed by atoms with E-state index in [4.69, 9.17) is 14.7 Å². The lowest BCUT2D eigenvalue weighted by Gasteiger charge is -2.38. The van der Waals surface area contributed by atoms with Crippen LogP contribution in [-0.4, -0.2) is 97.5 Å². The number of aromatic nitrogens is 2. The second-order valence-electron chi connectivity index (χ2n) is 11.5. The maximum absolute atomic E-state index is 14.0. The number of likely N-dealkylation sites (tertiary alicyclic amines) is 1. The summed E-state index contributed by atoms with van der Waals surface area (Å²) >= 11 is 0. The van der Waals surface area contributed by atoms with Crippen LogP contribution < -0.4 is 14.5 Å². The molecule has 222 valence electrons. The highest BCUT2D eigenvalue weighted by Gasteiger charge is 2.32. The molecule has 3 aromatic rings. The molecule has 0 saturated carbocycles. The monoisotopic (exact) mass is 576 g/mol. The molecule has 3 aliphatic heterocycles. The number of ether oxygens (including phenoxy) is 1. The van der Waals surface area contributed by atoms with E-state index in [1.165, 1.54) is 34.2 Å². The second kappa shape index (κ2) is 12.2. The first-order chi connectivity index (χ1) is 20.4. The van der Waals surface area contributed by atoms with E-state index in [0.717, 1.165) is 30.0 Å². The molecule has 0 radical (unpaired) electrons. The van der Waals surface area contributed by atoms with Crippen molar-refractivity contribution in [2.45, 2.75) is 38.5 Å². The van der Waals surface area contributed by atoms with Gasteiger partial charge in [0.1, 0.15) is 25.3 Å². The van der Waals surface area contributed by atoms with Gasteiger partial charge >= 0.3 is 6.01 Å². The van der Waals surface area contributed by atoms with Crippen molar-refractivity contribution in [3.05, 3.63) is 65.4 Å². The topological polar surface area (TPSA) is 65.0 Å². The van der Waals surface area contributed by atoms with Crippen LogP contribution >= 0.6 is 0 Å². The van der Waals surface area contributed by atoms with Crippen molar-refractivity contribution in [1.82, 2.24) is 19.8 Å². The highest BCUT2D eigenvalue weighted by atomic mass is 19.1. The van der Waals surface area contributed by atoms with Gasteiger partial charge in [-0.15, -0.1) is 0 Å². The Hall–Kier alpha value is -3.79. The standard InChI is InChI=1S/C32H38F2N6O2/c1-22-6-3-7-23-8-4-9-28(30(22)23)40-13-11-26-27(20-40)35-32(42-21-25-18-24(34)19-37(25)2)36-31(26)39-16-14-38(15-17-39)29(41)10-5-12-33/h3-10,24-25H,11-21H2,1-2H3/b10-5+/t24-,25+/m1/s1. The minimum Gasteiger partial charge on any atom is -0.462 e. The SMILES string of the molecule is Cc1cccc2cccc(N3CCc4c(nc(OC[C@@H]5C[C@@H](F)CN5C)nc4N4CCN(C(=O)/C=C/CF)CC4)C3)c12. The van der Waals surface area contributed by atoms with E-state index in [1.54, 1.807) is 4.90 Å². The molecule has 1 aromatic heterocycles. The van der Waals surface area contributed by atoms with Crippen molar-refractivity contribution in [1.29, 1.82) is 0 Å². The second-order valence-corrected chi connectivity index (χ2v) is 11.5. The van der Waals surface area contributed by atoms with Crippen molar-refractivity contribution in [3.8, 4) is 6.01 Å². The Labute approximate surface area is 245 Å². The first-order valence-corrected chi connectivity index (χ1v) is 14.8. The van der Waals surface area contributed by atoms with Gasteiger partial charge in [-0.25, -0.2) is 8.78 Å². The molecule has 2 atom stereocenters. The van der Waals surface area contributed by atoms with Gasteiger partial charge < -0.3 is 19.4 Å².